The van der Waals surface area contributed by atoms with Crippen LogP contribution in [0.4, 0.5) is 0 Å². The Labute approximate surface area is 131 Å². The molecule has 122 valence electrons. The smallest absolute Gasteiger partial charge is 0.243 e. The van der Waals surface area contributed by atoms with Gasteiger partial charge in [0.1, 0.15) is 0 Å². The molecule has 1 amide bonds. The van der Waals surface area contributed by atoms with Gasteiger partial charge < -0.3 is 10.6 Å². The van der Waals surface area contributed by atoms with Gasteiger partial charge in [0, 0.05) is 39.1 Å². The minimum atomic E-state index is -3.51. The van der Waals surface area contributed by atoms with Gasteiger partial charge in [-0.3, -0.25) is 4.79 Å². The number of amides is 1. The minimum absolute atomic E-state index is 0.00807. The molecule has 1 heterocycles. The van der Waals surface area contributed by atoms with Crippen LogP contribution in [0.25, 0.3) is 0 Å². The Kier molecular flexibility index (Phi) is 5.20. The van der Waals surface area contributed by atoms with Crippen molar-refractivity contribution < 1.29 is 13.2 Å². The Balaban J connectivity index is 2.13. The molecule has 0 unspecified atom stereocenters. The Morgan fingerprint density at radius 1 is 1.18 bits per heavy atom. The molecule has 1 aromatic carbocycles. The number of benzene rings is 1. The largest absolute Gasteiger partial charge is 0.340 e. The molecule has 0 aliphatic carbocycles. The highest BCUT2D eigenvalue weighted by Crippen LogP contribution is 2.22. The maximum Gasteiger partial charge on any atom is 0.243 e. The number of nitrogens with two attached hydrogens (primary N) is 1. The van der Waals surface area contributed by atoms with Crippen LogP contribution in [0.3, 0.4) is 0 Å². The Morgan fingerprint density at radius 2 is 1.82 bits per heavy atom. The molecule has 22 heavy (non-hydrogen) atoms. The van der Waals surface area contributed by atoms with E-state index in [-0.39, 0.29) is 5.91 Å². The molecule has 2 rings (SSSR count). The molecule has 6 nitrogen and oxygen atoms in total. The molecule has 0 saturated carbocycles. The molecule has 0 bridgehead atoms. The van der Waals surface area contributed by atoms with Crippen LogP contribution in [-0.4, -0.2) is 56.3 Å². The van der Waals surface area contributed by atoms with Crippen molar-refractivity contribution in [2.45, 2.75) is 25.2 Å². The second kappa shape index (κ2) is 6.76. The summed E-state index contributed by atoms with van der Waals surface area (Å²) in [5.74, 6) is -0.00807. The third-order valence-corrected chi connectivity index (χ3v) is 5.95. The summed E-state index contributed by atoms with van der Waals surface area (Å²) in [4.78, 5) is 13.8. The minimum Gasteiger partial charge on any atom is -0.340 e. The van der Waals surface area contributed by atoms with Gasteiger partial charge in [0.15, 0.2) is 0 Å². The second-order valence-electron chi connectivity index (χ2n) is 5.59. The van der Waals surface area contributed by atoms with Crippen LogP contribution in [0.1, 0.15) is 17.5 Å². The molecule has 0 atom stereocenters. The lowest BCUT2D eigenvalue weighted by Crippen LogP contribution is -2.50. The van der Waals surface area contributed by atoms with Crippen molar-refractivity contribution in [3.63, 3.8) is 0 Å². The lowest BCUT2D eigenvalue weighted by Gasteiger charge is -2.34. The SMILES string of the molecule is Cc1ccc(C)c(S(=O)(=O)N2CCN(C(=O)CCN)CC2)c1. The summed E-state index contributed by atoms with van der Waals surface area (Å²) in [5.41, 5.74) is 7.05. The molecule has 0 radical (unpaired) electrons. The van der Waals surface area contributed by atoms with Crippen molar-refractivity contribution in [3.05, 3.63) is 29.3 Å². The van der Waals surface area contributed by atoms with Gasteiger partial charge >= 0.3 is 0 Å². The fourth-order valence-corrected chi connectivity index (χ4v) is 4.32. The van der Waals surface area contributed by atoms with Gasteiger partial charge in [-0.25, -0.2) is 8.42 Å². The van der Waals surface area contributed by atoms with E-state index < -0.39 is 10.0 Å². The standard InChI is InChI=1S/C15H23N3O3S/c1-12-3-4-13(2)14(11-12)22(20,21)18-9-7-17(8-10-18)15(19)5-6-16/h3-4,11H,5-10,16H2,1-2H3. The van der Waals surface area contributed by atoms with Gasteiger partial charge in [0.05, 0.1) is 4.90 Å². The van der Waals surface area contributed by atoms with Gasteiger partial charge in [-0.15, -0.1) is 0 Å². The summed E-state index contributed by atoms with van der Waals surface area (Å²) in [6, 6.07) is 5.43. The number of nitrogens with zero attached hydrogens (tertiary/aromatic N) is 2. The maximum absolute atomic E-state index is 12.8. The number of hydrogen-bond acceptors (Lipinski definition) is 4. The van der Waals surface area contributed by atoms with E-state index in [1.54, 1.807) is 17.9 Å². The van der Waals surface area contributed by atoms with Crippen LogP contribution in [-0.2, 0) is 14.8 Å². The van der Waals surface area contributed by atoms with Crippen LogP contribution >= 0.6 is 0 Å². The number of sulfonamides is 1. The molecule has 1 fully saturated rings. The van der Waals surface area contributed by atoms with Crippen molar-refractivity contribution in [2.24, 2.45) is 5.73 Å². The van der Waals surface area contributed by atoms with E-state index >= 15 is 0 Å². The Morgan fingerprint density at radius 3 is 2.41 bits per heavy atom. The van der Waals surface area contributed by atoms with E-state index in [1.807, 2.05) is 19.1 Å². The van der Waals surface area contributed by atoms with E-state index in [0.717, 1.165) is 11.1 Å². The van der Waals surface area contributed by atoms with Gasteiger partial charge in [-0.1, -0.05) is 12.1 Å². The molecule has 0 aromatic heterocycles. The van der Waals surface area contributed by atoms with Crippen LogP contribution < -0.4 is 5.73 Å². The lowest BCUT2D eigenvalue weighted by molar-refractivity contribution is -0.132. The van der Waals surface area contributed by atoms with E-state index in [9.17, 15) is 13.2 Å². The predicted molar refractivity (Wildman–Crippen MR) is 84.9 cm³/mol. The van der Waals surface area contributed by atoms with Gasteiger partial charge in [-0.2, -0.15) is 4.31 Å². The normalized spacial score (nSPS) is 16.8. The predicted octanol–water partition coefficient (Wildman–Crippen LogP) is 0.485. The highest BCUT2D eigenvalue weighted by molar-refractivity contribution is 7.89. The first kappa shape index (κ1) is 16.9. The summed E-state index contributed by atoms with van der Waals surface area (Å²) >= 11 is 0. The highest BCUT2D eigenvalue weighted by atomic mass is 32.2. The quantitative estimate of drug-likeness (QED) is 0.873. The van der Waals surface area contributed by atoms with Crippen molar-refractivity contribution >= 4 is 15.9 Å². The summed E-state index contributed by atoms with van der Waals surface area (Å²) in [5, 5.41) is 0. The fourth-order valence-electron chi connectivity index (χ4n) is 2.58. The van der Waals surface area contributed by atoms with Crippen LogP contribution in [0, 0.1) is 13.8 Å². The molecule has 1 aliphatic rings. The summed E-state index contributed by atoms with van der Waals surface area (Å²) in [7, 11) is -3.51. The van der Waals surface area contributed by atoms with Crippen molar-refractivity contribution in [1.82, 2.24) is 9.21 Å². The van der Waals surface area contributed by atoms with Crippen LogP contribution in [0.2, 0.25) is 0 Å². The van der Waals surface area contributed by atoms with E-state index in [0.29, 0.717) is 44.0 Å². The number of piperazine rings is 1. The first-order chi connectivity index (χ1) is 10.4. The zero-order valence-corrected chi connectivity index (χ0v) is 13.9. The molecule has 2 N–H and O–H groups in total. The fraction of sp³-hybridized carbons (Fsp3) is 0.533. The average Bonchev–Trinajstić information content (AvgIpc) is 2.50. The molecular weight excluding hydrogens is 302 g/mol. The summed E-state index contributed by atoms with van der Waals surface area (Å²) in [6.45, 7) is 5.49. The van der Waals surface area contributed by atoms with Crippen molar-refractivity contribution in [1.29, 1.82) is 0 Å². The monoisotopic (exact) mass is 325 g/mol. The zero-order valence-electron chi connectivity index (χ0n) is 13.1. The molecule has 1 aromatic rings. The third-order valence-electron chi connectivity index (χ3n) is 3.91. The molecule has 7 heteroatoms. The highest BCUT2D eigenvalue weighted by Gasteiger charge is 2.30. The average molecular weight is 325 g/mol. The first-order valence-electron chi connectivity index (χ1n) is 7.41. The second-order valence-corrected chi connectivity index (χ2v) is 7.50. The van der Waals surface area contributed by atoms with Gasteiger partial charge in [0.2, 0.25) is 15.9 Å². The number of rotatable bonds is 4. The number of hydrogen-bond donors (Lipinski definition) is 1. The van der Waals surface area contributed by atoms with E-state index in [1.165, 1.54) is 4.31 Å². The molecule has 1 aliphatic heterocycles. The topological polar surface area (TPSA) is 83.7 Å². The lowest BCUT2D eigenvalue weighted by atomic mass is 10.2. The van der Waals surface area contributed by atoms with Crippen LogP contribution in [0.5, 0.6) is 0 Å². The zero-order chi connectivity index (χ0) is 16.3. The molecular formula is C15H23N3O3S. The molecule has 0 spiro atoms. The maximum atomic E-state index is 12.8. The van der Waals surface area contributed by atoms with Crippen molar-refractivity contribution in [3.8, 4) is 0 Å². The Hall–Kier alpha value is -1.44. The number of aryl methyl sites for hydroxylation is 2. The summed E-state index contributed by atoms with van der Waals surface area (Å²) < 4.78 is 27.0. The van der Waals surface area contributed by atoms with Gasteiger partial charge in [0.25, 0.3) is 0 Å². The van der Waals surface area contributed by atoms with Crippen molar-refractivity contribution in [2.75, 3.05) is 32.7 Å². The van der Waals surface area contributed by atoms with E-state index in [2.05, 4.69) is 0 Å². The van der Waals surface area contributed by atoms with Crippen LogP contribution in [0.15, 0.2) is 23.1 Å². The van der Waals surface area contributed by atoms with E-state index in [4.69, 9.17) is 5.73 Å². The number of carbonyl (C=O) groups excluding carboxylic acids is 1. The molecule has 1 saturated heterocycles. The third kappa shape index (κ3) is 3.48. The summed E-state index contributed by atoms with van der Waals surface area (Å²) in [6.07, 6.45) is 0.309. The first-order valence-corrected chi connectivity index (χ1v) is 8.85. The van der Waals surface area contributed by atoms with Gasteiger partial charge in [-0.05, 0) is 31.0 Å². The number of carbonyl (C=O) groups is 1. The Bertz CT molecular complexity index is 650.